The number of nitrogens with two attached hydrogens (primary N) is 1. The molecule has 5 heteroatoms. The standard InChI is InChI=1S/C13H15N3OS/c14-10-6-7-12(15-9-10)16-13(17)5-1-3-11-4-2-8-18-11/h2,4,6-9H,1,3,5,14H2,(H,15,16,17). The zero-order valence-corrected chi connectivity index (χ0v) is 10.7. The molecular weight excluding hydrogens is 246 g/mol. The van der Waals surface area contributed by atoms with Crippen LogP contribution in [-0.2, 0) is 11.2 Å². The second kappa shape index (κ2) is 6.16. The van der Waals surface area contributed by atoms with Crippen LogP contribution in [0, 0.1) is 0 Å². The maximum absolute atomic E-state index is 11.6. The lowest BCUT2D eigenvalue weighted by Gasteiger charge is -2.04. The van der Waals surface area contributed by atoms with Gasteiger partial charge in [-0.05, 0) is 36.4 Å². The molecule has 3 N–H and O–H groups in total. The van der Waals surface area contributed by atoms with E-state index in [4.69, 9.17) is 5.73 Å². The molecule has 0 radical (unpaired) electrons. The van der Waals surface area contributed by atoms with Crippen molar-refractivity contribution in [2.45, 2.75) is 19.3 Å². The number of nitrogens with one attached hydrogen (secondary N) is 1. The minimum atomic E-state index is -0.0103. The third-order valence-electron chi connectivity index (χ3n) is 2.46. The van der Waals surface area contributed by atoms with Gasteiger partial charge in [-0.3, -0.25) is 4.79 Å². The first-order valence-corrected chi connectivity index (χ1v) is 6.66. The number of nitrogen functional groups attached to an aromatic ring is 1. The number of carbonyl (C=O) groups is 1. The molecule has 94 valence electrons. The number of amides is 1. The van der Waals surface area contributed by atoms with Crippen LogP contribution in [0.1, 0.15) is 17.7 Å². The molecule has 0 aliphatic rings. The highest BCUT2D eigenvalue weighted by Crippen LogP contribution is 2.12. The van der Waals surface area contributed by atoms with E-state index in [-0.39, 0.29) is 5.91 Å². The summed E-state index contributed by atoms with van der Waals surface area (Å²) < 4.78 is 0. The Hall–Kier alpha value is -1.88. The van der Waals surface area contributed by atoms with Crippen LogP contribution in [0.3, 0.4) is 0 Å². The average molecular weight is 261 g/mol. The van der Waals surface area contributed by atoms with Crippen LogP contribution in [0.25, 0.3) is 0 Å². The van der Waals surface area contributed by atoms with Crippen LogP contribution >= 0.6 is 11.3 Å². The van der Waals surface area contributed by atoms with E-state index < -0.39 is 0 Å². The molecule has 0 unspecified atom stereocenters. The van der Waals surface area contributed by atoms with Gasteiger partial charge in [-0.25, -0.2) is 4.98 Å². The Morgan fingerprint density at radius 3 is 2.94 bits per heavy atom. The Morgan fingerprint density at radius 2 is 2.28 bits per heavy atom. The highest BCUT2D eigenvalue weighted by molar-refractivity contribution is 7.09. The molecule has 18 heavy (non-hydrogen) atoms. The number of carbonyl (C=O) groups excluding carboxylic acids is 1. The summed E-state index contributed by atoms with van der Waals surface area (Å²) in [7, 11) is 0. The van der Waals surface area contributed by atoms with Gasteiger partial charge in [-0.15, -0.1) is 11.3 Å². The number of rotatable bonds is 5. The van der Waals surface area contributed by atoms with Gasteiger partial charge in [0.2, 0.25) is 5.91 Å². The van der Waals surface area contributed by atoms with E-state index >= 15 is 0 Å². The first kappa shape index (κ1) is 12.6. The zero-order valence-electron chi connectivity index (χ0n) is 9.93. The van der Waals surface area contributed by atoms with E-state index in [2.05, 4.69) is 16.4 Å². The highest BCUT2D eigenvalue weighted by atomic mass is 32.1. The topological polar surface area (TPSA) is 68.0 Å². The summed E-state index contributed by atoms with van der Waals surface area (Å²) in [5.74, 6) is 0.536. The van der Waals surface area contributed by atoms with Crippen molar-refractivity contribution in [2.75, 3.05) is 11.1 Å². The van der Waals surface area contributed by atoms with E-state index in [0.29, 0.717) is 17.9 Å². The van der Waals surface area contributed by atoms with Gasteiger partial charge >= 0.3 is 0 Å². The van der Waals surface area contributed by atoms with Crippen LogP contribution in [0.4, 0.5) is 11.5 Å². The summed E-state index contributed by atoms with van der Waals surface area (Å²) in [5.41, 5.74) is 6.11. The Kier molecular flexibility index (Phi) is 4.30. The molecule has 0 aliphatic heterocycles. The van der Waals surface area contributed by atoms with Gasteiger partial charge in [-0.1, -0.05) is 6.07 Å². The van der Waals surface area contributed by atoms with Crippen molar-refractivity contribution >= 4 is 28.7 Å². The van der Waals surface area contributed by atoms with Gasteiger partial charge in [0.1, 0.15) is 5.82 Å². The maximum Gasteiger partial charge on any atom is 0.225 e. The van der Waals surface area contributed by atoms with Gasteiger partial charge in [0.15, 0.2) is 0 Å². The predicted octanol–water partition coefficient (Wildman–Crippen LogP) is 2.69. The predicted molar refractivity (Wildman–Crippen MR) is 74.5 cm³/mol. The molecule has 0 bridgehead atoms. The summed E-state index contributed by atoms with van der Waals surface area (Å²) in [6.07, 6.45) is 3.83. The Bertz CT molecular complexity index is 493. The van der Waals surface area contributed by atoms with Crippen LogP contribution < -0.4 is 11.1 Å². The van der Waals surface area contributed by atoms with Crippen LogP contribution in [-0.4, -0.2) is 10.9 Å². The average Bonchev–Trinajstić information content (AvgIpc) is 2.85. The SMILES string of the molecule is Nc1ccc(NC(=O)CCCc2cccs2)nc1. The monoisotopic (exact) mass is 261 g/mol. The Balaban J connectivity index is 1.73. The third-order valence-corrected chi connectivity index (χ3v) is 3.40. The molecule has 2 aromatic rings. The van der Waals surface area contributed by atoms with Gasteiger partial charge in [0.25, 0.3) is 0 Å². The molecule has 2 rings (SSSR count). The number of aromatic nitrogens is 1. The molecule has 2 aromatic heterocycles. The quantitative estimate of drug-likeness (QED) is 0.869. The summed E-state index contributed by atoms with van der Waals surface area (Å²) in [5, 5.41) is 4.80. The zero-order chi connectivity index (χ0) is 12.8. The number of hydrogen-bond acceptors (Lipinski definition) is 4. The molecule has 0 aliphatic carbocycles. The summed E-state index contributed by atoms with van der Waals surface area (Å²) in [6, 6.07) is 7.53. The maximum atomic E-state index is 11.6. The smallest absolute Gasteiger partial charge is 0.225 e. The molecule has 2 heterocycles. The number of anilines is 2. The van der Waals surface area contributed by atoms with Crippen LogP contribution in [0.5, 0.6) is 0 Å². The van der Waals surface area contributed by atoms with Gasteiger partial charge in [-0.2, -0.15) is 0 Å². The number of nitrogens with zero attached hydrogens (tertiary/aromatic N) is 1. The third kappa shape index (κ3) is 3.85. The van der Waals surface area contributed by atoms with E-state index in [1.54, 1.807) is 23.5 Å². The van der Waals surface area contributed by atoms with Crippen LogP contribution in [0.15, 0.2) is 35.8 Å². The molecule has 0 spiro atoms. The Labute approximate surface area is 110 Å². The molecule has 0 saturated heterocycles. The van der Waals surface area contributed by atoms with E-state index in [9.17, 15) is 4.79 Å². The fourth-order valence-electron chi connectivity index (χ4n) is 1.56. The lowest BCUT2D eigenvalue weighted by Crippen LogP contribution is -2.12. The molecule has 4 nitrogen and oxygen atoms in total. The number of hydrogen-bond donors (Lipinski definition) is 2. The van der Waals surface area contributed by atoms with Gasteiger partial charge in [0.05, 0.1) is 11.9 Å². The number of aryl methyl sites for hydroxylation is 1. The second-order valence-electron chi connectivity index (χ2n) is 3.96. The fourth-order valence-corrected chi connectivity index (χ4v) is 2.31. The molecule has 0 aromatic carbocycles. The first-order chi connectivity index (χ1) is 8.74. The van der Waals surface area contributed by atoms with E-state index in [0.717, 1.165) is 12.8 Å². The first-order valence-electron chi connectivity index (χ1n) is 5.78. The van der Waals surface area contributed by atoms with Crippen LogP contribution in [0.2, 0.25) is 0 Å². The molecular formula is C13H15N3OS. The summed E-state index contributed by atoms with van der Waals surface area (Å²) in [4.78, 5) is 17.0. The van der Waals surface area contributed by atoms with Crippen molar-refractivity contribution in [1.82, 2.24) is 4.98 Å². The molecule has 0 saturated carbocycles. The lowest BCUT2D eigenvalue weighted by atomic mass is 10.2. The second-order valence-corrected chi connectivity index (χ2v) is 4.99. The minimum absolute atomic E-state index is 0.0103. The summed E-state index contributed by atoms with van der Waals surface area (Å²) in [6.45, 7) is 0. The van der Waals surface area contributed by atoms with Crippen molar-refractivity contribution in [3.05, 3.63) is 40.7 Å². The van der Waals surface area contributed by atoms with Gasteiger partial charge < -0.3 is 11.1 Å². The van der Waals surface area contributed by atoms with Crippen molar-refractivity contribution in [1.29, 1.82) is 0 Å². The fraction of sp³-hybridized carbons (Fsp3) is 0.231. The number of thiophene rings is 1. The Morgan fingerprint density at radius 1 is 1.39 bits per heavy atom. The number of pyridine rings is 1. The largest absolute Gasteiger partial charge is 0.397 e. The minimum Gasteiger partial charge on any atom is -0.397 e. The lowest BCUT2D eigenvalue weighted by molar-refractivity contribution is -0.116. The van der Waals surface area contributed by atoms with Crippen molar-refractivity contribution in [3.8, 4) is 0 Å². The summed E-state index contributed by atoms with van der Waals surface area (Å²) >= 11 is 1.72. The van der Waals surface area contributed by atoms with Crippen molar-refractivity contribution in [3.63, 3.8) is 0 Å². The molecule has 0 atom stereocenters. The highest BCUT2D eigenvalue weighted by Gasteiger charge is 2.03. The van der Waals surface area contributed by atoms with E-state index in [1.807, 2.05) is 11.4 Å². The van der Waals surface area contributed by atoms with Crippen molar-refractivity contribution < 1.29 is 4.79 Å². The van der Waals surface area contributed by atoms with Gasteiger partial charge in [0, 0.05) is 11.3 Å². The van der Waals surface area contributed by atoms with E-state index in [1.165, 1.54) is 11.1 Å². The molecule has 0 fully saturated rings. The van der Waals surface area contributed by atoms with Crippen molar-refractivity contribution in [2.24, 2.45) is 0 Å². The normalized spacial score (nSPS) is 10.2. The molecule has 1 amide bonds.